The molecule has 0 aliphatic carbocycles. The second kappa shape index (κ2) is 9.93. The van der Waals surface area contributed by atoms with Crippen molar-refractivity contribution in [2.24, 2.45) is 0 Å². The third kappa shape index (κ3) is 4.58. The van der Waals surface area contributed by atoms with Crippen molar-refractivity contribution in [1.29, 1.82) is 0 Å². The molecule has 1 fully saturated rings. The predicted octanol–water partition coefficient (Wildman–Crippen LogP) is 4.69. The van der Waals surface area contributed by atoms with Crippen LogP contribution in [-0.2, 0) is 9.53 Å². The van der Waals surface area contributed by atoms with Crippen molar-refractivity contribution in [2.75, 3.05) is 20.8 Å². The average molecular weight is 463 g/mol. The van der Waals surface area contributed by atoms with E-state index in [2.05, 4.69) is 4.90 Å². The van der Waals surface area contributed by atoms with Crippen LogP contribution in [0.1, 0.15) is 35.7 Å². The molecule has 3 aromatic carbocycles. The molecule has 1 heterocycles. The molecule has 176 valence electrons. The highest BCUT2D eigenvalue weighted by atomic mass is 16.6. The first-order chi connectivity index (χ1) is 16.5. The first-order valence-corrected chi connectivity index (χ1v) is 10.9. The van der Waals surface area contributed by atoms with Crippen LogP contribution in [0.2, 0.25) is 0 Å². The summed E-state index contributed by atoms with van der Waals surface area (Å²) in [4.78, 5) is 25.7. The monoisotopic (exact) mass is 462 g/mol. The fourth-order valence-corrected chi connectivity index (χ4v) is 4.30. The average Bonchev–Trinajstić information content (AvgIpc) is 3.60. The number of carbonyl (C=O) groups excluding carboxylic acids is 1. The lowest BCUT2D eigenvalue weighted by atomic mass is 9.98. The van der Waals surface area contributed by atoms with Crippen molar-refractivity contribution >= 4 is 11.7 Å². The van der Waals surface area contributed by atoms with E-state index in [0.29, 0.717) is 0 Å². The Morgan fingerprint density at radius 1 is 0.912 bits per heavy atom. The molecule has 0 bridgehead atoms. The van der Waals surface area contributed by atoms with E-state index in [0.717, 1.165) is 28.2 Å². The van der Waals surface area contributed by atoms with Gasteiger partial charge in [-0.05, 0) is 47.9 Å². The zero-order chi connectivity index (χ0) is 24.2. The van der Waals surface area contributed by atoms with Gasteiger partial charge in [-0.2, -0.15) is 0 Å². The number of nitro groups is 1. The van der Waals surface area contributed by atoms with Gasteiger partial charge in [-0.1, -0.05) is 36.4 Å². The van der Waals surface area contributed by atoms with Gasteiger partial charge in [-0.15, -0.1) is 0 Å². The number of ether oxygens (including phenoxy) is 3. The molecule has 1 saturated heterocycles. The van der Waals surface area contributed by atoms with Crippen LogP contribution in [0.4, 0.5) is 5.69 Å². The van der Waals surface area contributed by atoms with Gasteiger partial charge < -0.3 is 14.2 Å². The number of benzene rings is 3. The summed E-state index contributed by atoms with van der Waals surface area (Å²) in [5.41, 5.74) is 2.77. The van der Waals surface area contributed by atoms with Gasteiger partial charge in [0.05, 0.1) is 37.8 Å². The molecule has 1 unspecified atom stereocenters. The van der Waals surface area contributed by atoms with Crippen molar-refractivity contribution < 1.29 is 23.9 Å². The largest absolute Gasteiger partial charge is 0.497 e. The molecule has 0 amide bonds. The quantitative estimate of drug-likeness (QED) is 0.197. The Bertz CT molecular complexity index is 1100. The molecule has 0 radical (unpaired) electrons. The van der Waals surface area contributed by atoms with E-state index in [1.807, 2.05) is 48.5 Å². The van der Waals surface area contributed by atoms with Gasteiger partial charge in [-0.25, -0.2) is 0 Å². The second-order valence-electron chi connectivity index (χ2n) is 7.89. The Morgan fingerprint density at radius 3 is 1.82 bits per heavy atom. The SMILES string of the molecule is CCOC(=O)[C@H]1[C@@H](c2ccc([N+](=O)[O-])cc2)N1C(c1ccc(OC)cc1)c1ccc(OC)cc1. The highest BCUT2D eigenvalue weighted by molar-refractivity contribution is 5.81. The second-order valence-corrected chi connectivity index (χ2v) is 7.89. The van der Waals surface area contributed by atoms with E-state index < -0.39 is 11.0 Å². The van der Waals surface area contributed by atoms with Gasteiger partial charge in [0.15, 0.2) is 0 Å². The van der Waals surface area contributed by atoms with Crippen LogP contribution in [0.25, 0.3) is 0 Å². The molecule has 8 heteroatoms. The van der Waals surface area contributed by atoms with Crippen LogP contribution < -0.4 is 9.47 Å². The number of non-ortho nitro benzene ring substituents is 1. The Morgan fingerprint density at radius 2 is 1.41 bits per heavy atom. The van der Waals surface area contributed by atoms with Crippen LogP contribution >= 0.6 is 0 Å². The zero-order valence-corrected chi connectivity index (χ0v) is 19.2. The first-order valence-electron chi connectivity index (χ1n) is 10.9. The maximum Gasteiger partial charge on any atom is 0.325 e. The predicted molar refractivity (Wildman–Crippen MR) is 126 cm³/mol. The molecule has 0 spiro atoms. The number of hydrogen-bond acceptors (Lipinski definition) is 7. The molecule has 34 heavy (non-hydrogen) atoms. The standard InChI is InChI=1S/C26H26N2O6/c1-4-34-26(29)25-24(19-5-11-20(12-6-19)28(30)31)27(25)23(17-7-13-21(32-2)14-8-17)18-9-15-22(33-3)16-10-18/h5-16,23-25H,4H2,1-3H3/t24-,25-,27?/m1/s1. The summed E-state index contributed by atoms with van der Waals surface area (Å²) < 4.78 is 16.0. The Kier molecular flexibility index (Phi) is 6.79. The molecule has 0 N–H and O–H groups in total. The summed E-state index contributed by atoms with van der Waals surface area (Å²) in [5, 5.41) is 11.1. The number of hydrogen-bond donors (Lipinski definition) is 0. The molecular formula is C26H26N2O6. The van der Waals surface area contributed by atoms with Gasteiger partial charge in [0.25, 0.3) is 5.69 Å². The van der Waals surface area contributed by atoms with Gasteiger partial charge in [0, 0.05) is 12.1 Å². The lowest BCUT2D eigenvalue weighted by Gasteiger charge is -2.22. The van der Waals surface area contributed by atoms with E-state index in [4.69, 9.17) is 14.2 Å². The van der Waals surface area contributed by atoms with Crippen molar-refractivity contribution in [2.45, 2.75) is 25.0 Å². The highest BCUT2D eigenvalue weighted by Crippen LogP contribution is 2.52. The number of esters is 1. The van der Waals surface area contributed by atoms with Crippen molar-refractivity contribution in [3.8, 4) is 11.5 Å². The minimum absolute atomic E-state index is 0.00509. The minimum atomic E-state index is -0.518. The van der Waals surface area contributed by atoms with Gasteiger partial charge in [0.1, 0.15) is 17.5 Å². The Hall–Kier alpha value is -3.91. The molecule has 1 aliphatic heterocycles. The third-order valence-corrected chi connectivity index (χ3v) is 5.99. The number of carbonyl (C=O) groups is 1. The summed E-state index contributed by atoms with van der Waals surface area (Å²) in [6.07, 6.45) is 0. The Labute approximate surface area is 197 Å². The van der Waals surface area contributed by atoms with Crippen LogP contribution in [0.15, 0.2) is 72.8 Å². The van der Waals surface area contributed by atoms with Gasteiger partial charge >= 0.3 is 5.97 Å². The summed E-state index contributed by atoms with van der Waals surface area (Å²) in [7, 11) is 3.23. The van der Waals surface area contributed by atoms with E-state index in [1.54, 1.807) is 33.3 Å². The molecule has 0 saturated carbocycles. The lowest BCUT2D eigenvalue weighted by molar-refractivity contribution is -0.384. The minimum Gasteiger partial charge on any atom is -0.497 e. The molecule has 3 aromatic rings. The number of methoxy groups -OCH3 is 2. The van der Waals surface area contributed by atoms with E-state index in [-0.39, 0.29) is 30.3 Å². The molecule has 1 aliphatic rings. The lowest BCUT2D eigenvalue weighted by Crippen LogP contribution is -2.20. The van der Waals surface area contributed by atoms with Crippen LogP contribution in [0.5, 0.6) is 11.5 Å². The third-order valence-electron chi connectivity index (χ3n) is 5.99. The van der Waals surface area contributed by atoms with Crippen LogP contribution in [0, 0.1) is 10.1 Å². The highest BCUT2D eigenvalue weighted by Gasteiger charge is 2.58. The van der Waals surface area contributed by atoms with Crippen LogP contribution in [-0.4, -0.2) is 42.7 Å². The van der Waals surface area contributed by atoms with E-state index in [1.165, 1.54) is 12.1 Å². The summed E-state index contributed by atoms with van der Waals surface area (Å²) >= 11 is 0. The zero-order valence-electron chi connectivity index (χ0n) is 19.2. The summed E-state index contributed by atoms with van der Waals surface area (Å²) in [5.74, 6) is 1.15. The smallest absolute Gasteiger partial charge is 0.325 e. The van der Waals surface area contributed by atoms with Crippen LogP contribution in [0.3, 0.4) is 0 Å². The number of nitrogens with zero attached hydrogens (tertiary/aromatic N) is 2. The molecule has 0 aromatic heterocycles. The number of rotatable bonds is 9. The molecule has 4 rings (SSSR count). The molecular weight excluding hydrogens is 436 g/mol. The van der Waals surface area contributed by atoms with Gasteiger partial charge in [0.2, 0.25) is 0 Å². The maximum absolute atomic E-state index is 12.9. The van der Waals surface area contributed by atoms with Gasteiger partial charge in [-0.3, -0.25) is 19.8 Å². The van der Waals surface area contributed by atoms with Crippen molar-refractivity contribution in [1.82, 2.24) is 4.90 Å². The fourth-order valence-electron chi connectivity index (χ4n) is 4.30. The van der Waals surface area contributed by atoms with E-state index in [9.17, 15) is 14.9 Å². The number of nitro benzene ring substituents is 1. The van der Waals surface area contributed by atoms with Crippen molar-refractivity contribution in [3.63, 3.8) is 0 Å². The normalized spacial score (nSPS) is 18.9. The van der Waals surface area contributed by atoms with Crippen molar-refractivity contribution in [3.05, 3.63) is 99.6 Å². The summed E-state index contributed by atoms with van der Waals surface area (Å²) in [6, 6.07) is 20.7. The fraction of sp³-hybridized carbons (Fsp3) is 0.269. The molecule has 8 nitrogen and oxygen atoms in total. The Balaban J connectivity index is 1.77. The maximum atomic E-state index is 12.9. The first kappa shape index (κ1) is 23.3. The topological polar surface area (TPSA) is 90.9 Å². The summed E-state index contributed by atoms with van der Waals surface area (Å²) in [6.45, 7) is 2.04. The molecule has 3 atom stereocenters. The van der Waals surface area contributed by atoms with E-state index >= 15 is 0 Å².